The number of hydrogen-bond acceptors (Lipinski definition) is 6. The van der Waals surface area contributed by atoms with Crippen molar-refractivity contribution in [3.8, 4) is 17.1 Å². The molecule has 1 fully saturated rings. The van der Waals surface area contributed by atoms with Gasteiger partial charge < -0.3 is 15.2 Å². The summed E-state index contributed by atoms with van der Waals surface area (Å²) in [7, 11) is 3.88. The van der Waals surface area contributed by atoms with Gasteiger partial charge in [0.25, 0.3) is 0 Å². The molecule has 0 bridgehead atoms. The number of fused-ring (bicyclic) bond motifs is 1. The van der Waals surface area contributed by atoms with E-state index in [-0.39, 0.29) is 6.10 Å². The molecule has 30 heavy (non-hydrogen) atoms. The topological polar surface area (TPSA) is 107 Å². The van der Waals surface area contributed by atoms with Crippen LogP contribution in [0.2, 0.25) is 0 Å². The van der Waals surface area contributed by atoms with Gasteiger partial charge in [0.05, 0.1) is 24.3 Å². The van der Waals surface area contributed by atoms with E-state index < -0.39 is 12.1 Å². The molecule has 3 heterocycles. The summed E-state index contributed by atoms with van der Waals surface area (Å²) in [6.45, 7) is 2.03. The number of rotatable bonds is 4. The molecule has 0 aromatic carbocycles. The first-order chi connectivity index (χ1) is 14.1. The number of nitrogens with zero attached hydrogens (tertiary/aromatic N) is 5. The van der Waals surface area contributed by atoms with Gasteiger partial charge in [0.1, 0.15) is 11.6 Å². The van der Waals surface area contributed by atoms with E-state index >= 15 is 0 Å². The van der Waals surface area contributed by atoms with Gasteiger partial charge in [-0.2, -0.15) is 23.4 Å². The van der Waals surface area contributed by atoms with Gasteiger partial charge in [-0.1, -0.05) is 0 Å². The van der Waals surface area contributed by atoms with Crippen molar-refractivity contribution >= 4 is 11.5 Å². The fourth-order valence-electron chi connectivity index (χ4n) is 2.95. The molecule has 1 saturated carbocycles. The van der Waals surface area contributed by atoms with Crippen LogP contribution >= 0.6 is 0 Å². The Morgan fingerprint density at radius 1 is 1.27 bits per heavy atom. The quantitative estimate of drug-likeness (QED) is 0.659. The van der Waals surface area contributed by atoms with Crippen molar-refractivity contribution in [1.82, 2.24) is 29.7 Å². The Labute approximate surface area is 169 Å². The van der Waals surface area contributed by atoms with Crippen molar-refractivity contribution in [3.05, 3.63) is 30.4 Å². The van der Waals surface area contributed by atoms with E-state index in [1.807, 2.05) is 44.1 Å². The van der Waals surface area contributed by atoms with E-state index in [1.165, 1.54) is 0 Å². The Balaban J connectivity index is 0.000000318. The second kappa shape index (κ2) is 8.30. The average Bonchev–Trinajstić information content (AvgIpc) is 3.23. The lowest BCUT2D eigenvalue weighted by Gasteiger charge is -2.34. The maximum absolute atomic E-state index is 10.6. The number of carboxylic acid groups (broad SMARTS) is 1. The van der Waals surface area contributed by atoms with Gasteiger partial charge in [0.15, 0.2) is 0 Å². The summed E-state index contributed by atoms with van der Waals surface area (Å²) in [5.41, 5.74) is 3.77. The zero-order chi connectivity index (χ0) is 22.1. The summed E-state index contributed by atoms with van der Waals surface area (Å²) in [6, 6.07) is 0.545. The first-order valence-corrected chi connectivity index (χ1v) is 9.06. The van der Waals surface area contributed by atoms with Gasteiger partial charge in [0, 0.05) is 30.4 Å². The summed E-state index contributed by atoms with van der Waals surface area (Å²) < 4.78 is 41.5. The third-order valence-electron chi connectivity index (χ3n) is 4.67. The number of nitrogens with one attached hydrogen (secondary N) is 1. The van der Waals surface area contributed by atoms with Gasteiger partial charge in [0.2, 0.25) is 5.88 Å². The van der Waals surface area contributed by atoms with Crippen molar-refractivity contribution in [3.63, 3.8) is 0 Å². The smallest absolute Gasteiger partial charge is 0.475 e. The summed E-state index contributed by atoms with van der Waals surface area (Å²) in [6.07, 6.45) is 4.65. The maximum atomic E-state index is 10.6. The first-order valence-electron chi connectivity index (χ1n) is 9.06. The number of halogens is 3. The van der Waals surface area contributed by atoms with Crippen LogP contribution in [-0.2, 0) is 11.8 Å². The predicted molar refractivity (Wildman–Crippen MR) is 100 cm³/mol. The second-order valence-corrected chi connectivity index (χ2v) is 6.95. The third kappa shape index (κ3) is 4.70. The third-order valence-corrected chi connectivity index (χ3v) is 4.67. The molecule has 2 N–H and O–H groups in total. The van der Waals surface area contributed by atoms with Crippen LogP contribution < -0.4 is 10.1 Å². The van der Waals surface area contributed by atoms with Crippen molar-refractivity contribution in [2.45, 2.75) is 38.1 Å². The lowest BCUT2D eigenvalue weighted by atomic mass is 9.89. The lowest BCUT2D eigenvalue weighted by Crippen LogP contribution is -2.45. The van der Waals surface area contributed by atoms with Crippen LogP contribution in [-0.4, -0.2) is 60.8 Å². The molecule has 0 radical (unpaired) electrons. The molecular formula is C18H21F3N6O3. The Morgan fingerprint density at radius 3 is 2.47 bits per heavy atom. The number of ether oxygens (including phenoxy) is 1. The number of aromatic nitrogens is 5. The number of alkyl halides is 3. The van der Waals surface area contributed by atoms with Crippen molar-refractivity contribution in [2.75, 3.05) is 7.05 Å². The minimum atomic E-state index is -5.08. The molecule has 9 nitrogen and oxygen atoms in total. The highest BCUT2D eigenvalue weighted by atomic mass is 19.4. The molecule has 0 spiro atoms. The van der Waals surface area contributed by atoms with Crippen LogP contribution in [0.15, 0.2) is 24.8 Å². The Morgan fingerprint density at radius 2 is 1.93 bits per heavy atom. The van der Waals surface area contributed by atoms with Crippen LogP contribution in [0.3, 0.4) is 0 Å². The molecule has 0 unspecified atom stereocenters. The fourth-order valence-corrected chi connectivity index (χ4v) is 2.95. The Hall–Kier alpha value is -3.15. The van der Waals surface area contributed by atoms with Gasteiger partial charge >= 0.3 is 12.1 Å². The molecule has 12 heteroatoms. The first kappa shape index (κ1) is 21.6. The van der Waals surface area contributed by atoms with Gasteiger partial charge in [-0.25, -0.2) is 14.3 Å². The zero-order valence-electron chi connectivity index (χ0n) is 16.5. The lowest BCUT2D eigenvalue weighted by molar-refractivity contribution is -0.192. The van der Waals surface area contributed by atoms with Crippen LogP contribution in [0, 0.1) is 6.92 Å². The highest BCUT2D eigenvalue weighted by molar-refractivity contribution is 5.73. The largest absolute Gasteiger partial charge is 0.490 e. The summed E-state index contributed by atoms with van der Waals surface area (Å²) in [5, 5.41) is 19.0. The standard InChI is InChI=1S/C16H20N6O.C2HF3O2/c1-10-6-19-22-9-14(11-7-18-21(3)8-11)20-16(15(10)22)23-13-4-12(5-13)17-2;3-2(4,5)1(6)7/h6-9,12-13,17H,4-5H2,1-3H3;(H,6,7). The van der Waals surface area contributed by atoms with Crippen LogP contribution in [0.4, 0.5) is 13.2 Å². The predicted octanol–water partition coefficient (Wildman–Crippen LogP) is 2.20. The van der Waals surface area contributed by atoms with E-state index in [2.05, 4.69) is 15.5 Å². The van der Waals surface area contributed by atoms with Gasteiger partial charge in [-0.15, -0.1) is 0 Å². The molecule has 0 aliphatic heterocycles. The maximum Gasteiger partial charge on any atom is 0.490 e. The number of aryl methyl sites for hydroxylation is 2. The van der Waals surface area contributed by atoms with Gasteiger partial charge in [-0.05, 0) is 26.8 Å². The number of aliphatic carboxylic acids is 1. The van der Waals surface area contributed by atoms with Crippen LogP contribution in [0.1, 0.15) is 18.4 Å². The van der Waals surface area contributed by atoms with E-state index in [1.54, 1.807) is 10.9 Å². The normalized spacial score (nSPS) is 18.5. The van der Waals surface area contributed by atoms with E-state index in [9.17, 15) is 13.2 Å². The average molecular weight is 426 g/mol. The highest BCUT2D eigenvalue weighted by Crippen LogP contribution is 2.30. The van der Waals surface area contributed by atoms with E-state index in [0.717, 1.165) is 35.2 Å². The molecule has 4 rings (SSSR count). The molecule has 3 aromatic heterocycles. The number of carboxylic acids is 1. The Kier molecular flexibility index (Phi) is 5.97. The molecule has 162 valence electrons. The van der Waals surface area contributed by atoms with Gasteiger partial charge in [-0.3, -0.25) is 4.68 Å². The molecule has 3 aromatic rings. The summed E-state index contributed by atoms with van der Waals surface area (Å²) >= 11 is 0. The minimum Gasteiger partial charge on any atom is -0.475 e. The van der Waals surface area contributed by atoms with E-state index in [0.29, 0.717) is 11.9 Å². The molecule has 0 amide bonds. The molecule has 1 aliphatic carbocycles. The molecular weight excluding hydrogens is 405 g/mol. The van der Waals surface area contributed by atoms with Crippen molar-refractivity contribution < 1.29 is 27.8 Å². The van der Waals surface area contributed by atoms with Crippen LogP contribution in [0.25, 0.3) is 16.8 Å². The summed E-state index contributed by atoms with van der Waals surface area (Å²) in [4.78, 5) is 13.6. The molecule has 0 saturated heterocycles. The fraction of sp³-hybridized carbons (Fsp3) is 0.444. The van der Waals surface area contributed by atoms with Crippen molar-refractivity contribution in [2.24, 2.45) is 7.05 Å². The Bertz CT molecular complexity index is 1040. The minimum absolute atomic E-state index is 0.210. The SMILES string of the molecule is CNC1CC(Oc2nc(-c3cnn(C)c3)cn3ncc(C)c23)C1.O=C(O)C(F)(F)F. The molecule has 1 aliphatic rings. The summed E-state index contributed by atoms with van der Waals surface area (Å²) in [5.74, 6) is -2.10. The van der Waals surface area contributed by atoms with E-state index in [4.69, 9.17) is 19.6 Å². The van der Waals surface area contributed by atoms with Crippen LogP contribution in [0.5, 0.6) is 5.88 Å². The second-order valence-electron chi connectivity index (χ2n) is 6.95. The highest BCUT2D eigenvalue weighted by Gasteiger charge is 2.38. The zero-order valence-corrected chi connectivity index (χ0v) is 16.5. The van der Waals surface area contributed by atoms with Crippen molar-refractivity contribution in [1.29, 1.82) is 0 Å². The molecule has 0 atom stereocenters. The number of hydrogen-bond donors (Lipinski definition) is 2. The monoisotopic (exact) mass is 426 g/mol. The number of carbonyl (C=O) groups is 1.